The highest BCUT2D eigenvalue weighted by atomic mass is 32.2. The molecule has 0 amide bonds. The summed E-state index contributed by atoms with van der Waals surface area (Å²) >= 11 is 0.920. The van der Waals surface area contributed by atoms with E-state index in [-0.39, 0.29) is 10.8 Å². The highest BCUT2D eigenvalue weighted by Gasteiger charge is 2.25. The van der Waals surface area contributed by atoms with Gasteiger partial charge in [-0.2, -0.15) is 14.8 Å². The molecular weight excluding hydrogens is 258 g/mol. The molecule has 0 spiro atoms. The Labute approximate surface area is 105 Å². The van der Waals surface area contributed by atoms with E-state index >= 15 is 0 Å². The zero-order valence-corrected chi connectivity index (χ0v) is 10.9. The van der Waals surface area contributed by atoms with E-state index in [1.54, 1.807) is 0 Å². The van der Waals surface area contributed by atoms with Crippen molar-refractivity contribution < 1.29 is 8.42 Å². The summed E-state index contributed by atoms with van der Waals surface area (Å²) < 4.78 is 25.5. The maximum absolute atomic E-state index is 12.1. The zero-order valence-electron chi connectivity index (χ0n) is 9.25. The Morgan fingerprint density at radius 3 is 2.59 bits per heavy atom. The Bertz CT molecular complexity index is 563. The third kappa shape index (κ3) is 3.04. The predicted molar refractivity (Wildman–Crippen MR) is 63.7 cm³/mol. The summed E-state index contributed by atoms with van der Waals surface area (Å²) in [6, 6.07) is 6.60. The van der Waals surface area contributed by atoms with Crippen molar-refractivity contribution >= 4 is 21.4 Å². The van der Waals surface area contributed by atoms with Gasteiger partial charge in [-0.1, -0.05) is 6.92 Å². The fraction of sp³-hybridized carbons (Fsp3) is 0.400. The SMILES string of the molecule is CCCN(CC#N)S(=O)(=O)c1ccc(C#N)s1. The first-order chi connectivity index (χ1) is 8.06. The Morgan fingerprint density at radius 1 is 1.41 bits per heavy atom. The van der Waals surface area contributed by atoms with Crippen molar-refractivity contribution in [1.29, 1.82) is 10.5 Å². The molecule has 7 heteroatoms. The van der Waals surface area contributed by atoms with Crippen LogP contribution in [0.3, 0.4) is 0 Å². The molecule has 0 bridgehead atoms. The largest absolute Gasteiger partial charge is 0.253 e. The quantitative estimate of drug-likeness (QED) is 0.759. The topological polar surface area (TPSA) is 85.0 Å². The van der Waals surface area contributed by atoms with Gasteiger partial charge in [-0.25, -0.2) is 8.42 Å². The number of sulfonamides is 1. The van der Waals surface area contributed by atoms with E-state index in [9.17, 15) is 8.42 Å². The minimum atomic E-state index is -3.64. The van der Waals surface area contributed by atoms with Gasteiger partial charge < -0.3 is 0 Å². The van der Waals surface area contributed by atoms with E-state index in [1.807, 2.05) is 19.1 Å². The lowest BCUT2D eigenvalue weighted by molar-refractivity contribution is 0.446. The van der Waals surface area contributed by atoms with Crippen LogP contribution in [0.25, 0.3) is 0 Å². The number of nitrogens with zero attached hydrogens (tertiary/aromatic N) is 3. The summed E-state index contributed by atoms with van der Waals surface area (Å²) in [5.74, 6) is 0. The number of nitriles is 2. The minimum Gasteiger partial charge on any atom is -0.206 e. The van der Waals surface area contributed by atoms with E-state index in [0.29, 0.717) is 17.8 Å². The summed E-state index contributed by atoms with van der Waals surface area (Å²) in [5.41, 5.74) is 0. The van der Waals surface area contributed by atoms with Crippen molar-refractivity contribution in [1.82, 2.24) is 4.31 Å². The first kappa shape index (κ1) is 13.7. The lowest BCUT2D eigenvalue weighted by Gasteiger charge is -2.16. The number of rotatable bonds is 5. The molecule has 0 saturated carbocycles. The van der Waals surface area contributed by atoms with Crippen LogP contribution in [0.2, 0.25) is 0 Å². The molecule has 1 heterocycles. The number of thiophene rings is 1. The maximum Gasteiger partial charge on any atom is 0.253 e. The van der Waals surface area contributed by atoms with Crippen LogP contribution in [0.1, 0.15) is 18.2 Å². The van der Waals surface area contributed by atoms with Crippen LogP contribution in [0, 0.1) is 22.7 Å². The van der Waals surface area contributed by atoms with Gasteiger partial charge in [0, 0.05) is 6.54 Å². The molecule has 1 aromatic heterocycles. The van der Waals surface area contributed by atoms with Crippen LogP contribution in [0.15, 0.2) is 16.3 Å². The Kier molecular flexibility index (Phi) is 4.64. The minimum absolute atomic E-state index is 0.109. The van der Waals surface area contributed by atoms with Crippen LogP contribution in [0.5, 0.6) is 0 Å². The monoisotopic (exact) mass is 269 g/mol. The van der Waals surface area contributed by atoms with Crippen molar-refractivity contribution in [3.05, 3.63) is 17.0 Å². The number of hydrogen-bond acceptors (Lipinski definition) is 5. The lowest BCUT2D eigenvalue weighted by Crippen LogP contribution is -2.31. The smallest absolute Gasteiger partial charge is 0.206 e. The highest BCUT2D eigenvalue weighted by molar-refractivity contribution is 7.91. The molecule has 0 N–H and O–H groups in total. The van der Waals surface area contributed by atoms with Gasteiger partial charge in [0.15, 0.2) is 0 Å². The molecule has 0 saturated heterocycles. The van der Waals surface area contributed by atoms with Crippen molar-refractivity contribution in [3.8, 4) is 12.1 Å². The summed E-state index contributed by atoms with van der Waals surface area (Å²) in [4.78, 5) is 0.344. The van der Waals surface area contributed by atoms with Crippen LogP contribution in [-0.2, 0) is 10.0 Å². The van der Waals surface area contributed by atoms with Crippen molar-refractivity contribution in [2.24, 2.45) is 0 Å². The van der Waals surface area contributed by atoms with E-state index in [0.717, 1.165) is 15.6 Å². The van der Waals surface area contributed by atoms with Gasteiger partial charge in [-0.15, -0.1) is 11.3 Å². The highest BCUT2D eigenvalue weighted by Crippen LogP contribution is 2.24. The average Bonchev–Trinajstić information content (AvgIpc) is 2.78. The molecule has 17 heavy (non-hydrogen) atoms. The fourth-order valence-electron chi connectivity index (χ4n) is 1.26. The van der Waals surface area contributed by atoms with E-state index in [4.69, 9.17) is 10.5 Å². The molecule has 0 aliphatic carbocycles. The standard InChI is InChI=1S/C10H11N3O2S2/c1-2-6-13(7-5-11)17(14,15)10-4-3-9(8-12)16-10/h3-4H,2,6-7H2,1H3. The lowest BCUT2D eigenvalue weighted by atomic mass is 10.5. The Morgan fingerprint density at radius 2 is 2.12 bits per heavy atom. The Balaban J connectivity index is 3.08. The molecule has 1 rings (SSSR count). The van der Waals surface area contributed by atoms with Crippen LogP contribution in [-0.4, -0.2) is 25.8 Å². The zero-order chi connectivity index (χ0) is 12.9. The normalized spacial score (nSPS) is 11.1. The predicted octanol–water partition coefficient (Wildman–Crippen LogP) is 1.54. The van der Waals surface area contributed by atoms with Gasteiger partial charge in [0.05, 0.1) is 6.07 Å². The fourth-order valence-corrected chi connectivity index (χ4v) is 3.95. The first-order valence-electron chi connectivity index (χ1n) is 4.93. The van der Waals surface area contributed by atoms with E-state index in [1.165, 1.54) is 12.1 Å². The van der Waals surface area contributed by atoms with Gasteiger partial charge in [-0.05, 0) is 18.6 Å². The van der Waals surface area contributed by atoms with Crippen molar-refractivity contribution in [2.45, 2.75) is 17.6 Å². The van der Waals surface area contributed by atoms with Gasteiger partial charge >= 0.3 is 0 Å². The second-order valence-corrected chi connectivity index (χ2v) is 6.48. The summed E-state index contributed by atoms with van der Waals surface area (Å²) in [6.45, 7) is 1.97. The van der Waals surface area contributed by atoms with Crippen LogP contribution in [0.4, 0.5) is 0 Å². The third-order valence-electron chi connectivity index (χ3n) is 2.01. The first-order valence-corrected chi connectivity index (χ1v) is 7.19. The summed E-state index contributed by atoms with van der Waals surface area (Å²) in [6.07, 6.45) is 0.636. The molecule has 0 aliphatic rings. The average molecular weight is 269 g/mol. The van der Waals surface area contributed by atoms with Gasteiger partial charge in [0.25, 0.3) is 10.0 Å². The van der Waals surface area contributed by atoms with Gasteiger partial charge in [0.2, 0.25) is 0 Å². The molecule has 0 fully saturated rings. The van der Waals surface area contributed by atoms with Crippen molar-refractivity contribution in [3.63, 3.8) is 0 Å². The summed E-state index contributed by atoms with van der Waals surface area (Å²) in [7, 11) is -3.64. The van der Waals surface area contributed by atoms with Gasteiger partial charge in [0.1, 0.15) is 21.7 Å². The second kappa shape index (κ2) is 5.78. The Hall–Kier alpha value is -1.41. The molecule has 0 unspecified atom stereocenters. The van der Waals surface area contributed by atoms with E-state index in [2.05, 4.69) is 0 Å². The molecule has 0 atom stereocenters. The van der Waals surface area contributed by atoms with Gasteiger partial charge in [-0.3, -0.25) is 0 Å². The molecule has 0 radical (unpaired) electrons. The number of hydrogen-bond donors (Lipinski definition) is 0. The molecule has 1 aromatic rings. The molecule has 0 aliphatic heterocycles. The maximum atomic E-state index is 12.1. The molecular formula is C10H11N3O2S2. The molecule has 0 aromatic carbocycles. The summed E-state index contributed by atoms with van der Waals surface area (Å²) in [5, 5.41) is 17.3. The van der Waals surface area contributed by atoms with Crippen molar-refractivity contribution in [2.75, 3.05) is 13.1 Å². The van der Waals surface area contributed by atoms with Crippen LogP contribution < -0.4 is 0 Å². The third-order valence-corrected chi connectivity index (χ3v) is 5.31. The van der Waals surface area contributed by atoms with Crippen LogP contribution >= 0.6 is 11.3 Å². The van der Waals surface area contributed by atoms with E-state index < -0.39 is 10.0 Å². The second-order valence-electron chi connectivity index (χ2n) is 3.23. The molecule has 5 nitrogen and oxygen atoms in total. The molecule has 90 valence electrons.